The van der Waals surface area contributed by atoms with E-state index in [1.807, 2.05) is 37.3 Å². The summed E-state index contributed by atoms with van der Waals surface area (Å²) in [5.41, 5.74) is 1.02. The van der Waals surface area contributed by atoms with Crippen molar-refractivity contribution in [2.24, 2.45) is 0 Å². The van der Waals surface area contributed by atoms with Gasteiger partial charge in [-0.3, -0.25) is 13.9 Å². The minimum absolute atomic E-state index is 0.103. The zero-order chi connectivity index (χ0) is 25.6. The van der Waals surface area contributed by atoms with E-state index in [0.29, 0.717) is 6.42 Å². The highest BCUT2D eigenvalue weighted by molar-refractivity contribution is 7.92. The van der Waals surface area contributed by atoms with Crippen LogP contribution in [0.4, 0.5) is 5.69 Å². The molecule has 0 aliphatic heterocycles. The Kier molecular flexibility index (Phi) is 9.44. The first kappa shape index (κ1) is 27.3. The third-order valence-corrected chi connectivity index (χ3v) is 7.67. The molecule has 10 heteroatoms. The summed E-state index contributed by atoms with van der Waals surface area (Å²) in [5.74, 6) is -0.718. The fraction of sp³-hybridized carbons (Fsp3) is 0.440. The molecule has 0 heterocycles. The molecule has 1 fully saturated rings. The zero-order valence-electron chi connectivity index (χ0n) is 19.9. The molecular weight excluding hydrogens is 509 g/mol. The van der Waals surface area contributed by atoms with E-state index in [1.54, 1.807) is 0 Å². The number of anilines is 1. The van der Waals surface area contributed by atoms with E-state index >= 15 is 0 Å². The maximum atomic E-state index is 13.7. The Bertz CT molecular complexity index is 1120. The van der Waals surface area contributed by atoms with Crippen LogP contribution in [-0.2, 0) is 26.2 Å². The van der Waals surface area contributed by atoms with Gasteiger partial charge >= 0.3 is 0 Å². The van der Waals surface area contributed by atoms with E-state index in [1.165, 1.54) is 23.1 Å². The molecule has 1 aliphatic rings. The lowest BCUT2D eigenvalue weighted by Gasteiger charge is -2.33. The van der Waals surface area contributed by atoms with E-state index in [-0.39, 0.29) is 34.2 Å². The number of rotatable bonds is 10. The van der Waals surface area contributed by atoms with Crippen molar-refractivity contribution in [1.29, 1.82) is 0 Å². The average Bonchev–Trinajstić information content (AvgIpc) is 3.29. The lowest BCUT2D eigenvalue weighted by Crippen LogP contribution is -2.53. The highest BCUT2D eigenvalue weighted by Crippen LogP contribution is 2.27. The van der Waals surface area contributed by atoms with Crippen LogP contribution in [0.2, 0.25) is 10.0 Å². The van der Waals surface area contributed by atoms with Gasteiger partial charge in [0.1, 0.15) is 12.6 Å². The van der Waals surface area contributed by atoms with E-state index in [4.69, 9.17) is 23.2 Å². The minimum Gasteiger partial charge on any atom is -0.352 e. The second kappa shape index (κ2) is 12.1. The van der Waals surface area contributed by atoms with Gasteiger partial charge in [0.2, 0.25) is 21.8 Å². The maximum absolute atomic E-state index is 13.7. The van der Waals surface area contributed by atoms with E-state index in [0.717, 1.165) is 41.8 Å². The summed E-state index contributed by atoms with van der Waals surface area (Å²) in [6.07, 6.45) is 5.39. The summed E-state index contributed by atoms with van der Waals surface area (Å²) >= 11 is 12.2. The van der Waals surface area contributed by atoms with Crippen LogP contribution in [0, 0.1) is 0 Å². The van der Waals surface area contributed by atoms with Crippen molar-refractivity contribution in [2.45, 2.75) is 57.7 Å². The second-order valence-electron chi connectivity index (χ2n) is 8.82. The smallest absolute Gasteiger partial charge is 0.244 e. The minimum atomic E-state index is -3.86. The highest BCUT2D eigenvalue weighted by atomic mass is 35.5. The first-order chi connectivity index (χ1) is 16.6. The molecule has 2 amide bonds. The van der Waals surface area contributed by atoms with Crippen molar-refractivity contribution in [2.75, 3.05) is 17.1 Å². The van der Waals surface area contributed by atoms with Crippen molar-refractivity contribution in [3.63, 3.8) is 0 Å². The topological polar surface area (TPSA) is 86.8 Å². The van der Waals surface area contributed by atoms with E-state index < -0.39 is 28.5 Å². The molecule has 35 heavy (non-hydrogen) atoms. The molecule has 7 nitrogen and oxygen atoms in total. The molecule has 0 aromatic heterocycles. The number of hydrogen-bond donors (Lipinski definition) is 1. The average molecular weight is 541 g/mol. The van der Waals surface area contributed by atoms with Crippen LogP contribution in [0.1, 0.15) is 44.6 Å². The third-order valence-electron chi connectivity index (χ3n) is 6.10. The Labute approximate surface area is 217 Å². The number of halogens is 2. The van der Waals surface area contributed by atoms with Crippen molar-refractivity contribution >= 4 is 50.7 Å². The number of sulfonamides is 1. The van der Waals surface area contributed by atoms with Crippen LogP contribution < -0.4 is 9.62 Å². The molecule has 1 saturated carbocycles. The van der Waals surface area contributed by atoms with Gasteiger partial charge in [0.25, 0.3) is 0 Å². The Balaban J connectivity index is 1.92. The Hall–Kier alpha value is -2.29. The van der Waals surface area contributed by atoms with Crippen LogP contribution in [0.25, 0.3) is 0 Å². The van der Waals surface area contributed by atoms with Gasteiger partial charge in [-0.1, -0.05) is 73.3 Å². The maximum Gasteiger partial charge on any atom is 0.244 e. The fourth-order valence-electron chi connectivity index (χ4n) is 4.36. The Morgan fingerprint density at radius 3 is 2.20 bits per heavy atom. The van der Waals surface area contributed by atoms with Crippen LogP contribution in [-0.4, -0.2) is 50.0 Å². The molecule has 0 radical (unpaired) electrons. The molecule has 0 spiro atoms. The SMILES string of the molecule is CC[C@H](C(=O)NC1CCCC1)N(Cc1ccccc1)C(=O)CN(c1cc(Cl)cc(Cl)c1)S(C)(=O)=O. The number of benzene rings is 2. The standard InChI is InChI=1S/C25H31Cl2N3O4S/c1-3-23(25(32)28-21-11-7-8-12-21)29(16-18-9-5-4-6-10-18)24(31)17-30(35(2,33)34)22-14-19(26)13-20(27)15-22/h4-6,9-10,13-15,21,23H,3,7-8,11-12,16-17H2,1-2H3,(H,28,32)/t23-/m1/s1. The van der Waals surface area contributed by atoms with Gasteiger partial charge in [-0.15, -0.1) is 0 Å². The van der Waals surface area contributed by atoms with E-state index in [9.17, 15) is 18.0 Å². The first-order valence-electron chi connectivity index (χ1n) is 11.7. The summed E-state index contributed by atoms with van der Waals surface area (Å²) in [7, 11) is -3.86. The van der Waals surface area contributed by atoms with Crippen molar-refractivity contribution in [3.05, 3.63) is 64.1 Å². The molecule has 1 atom stereocenters. The van der Waals surface area contributed by atoms with Gasteiger partial charge in [0, 0.05) is 22.6 Å². The fourth-order valence-corrected chi connectivity index (χ4v) is 5.71. The van der Waals surface area contributed by atoms with Gasteiger partial charge in [0.15, 0.2) is 0 Å². The normalized spacial score (nSPS) is 15.0. The lowest BCUT2D eigenvalue weighted by molar-refractivity contribution is -0.140. The van der Waals surface area contributed by atoms with Crippen LogP contribution in [0.15, 0.2) is 48.5 Å². The highest BCUT2D eigenvalue weighted by Gasteiger charge is 2.33. The molecule has 3 rings (SSSR count). The van der Waals surface area contributed by atoms with Crippen molar-refractivity contribution in [1.82, 2.24) is 10.2 Å². The zero-order valence-corrected chi connectivity index (χ0v) is 22.2. The molecule has 190 valence electrons. The molecule has 0 saturated heterocycles. The molecule has 1 aliphatic carbocycles. The summed E-state index contributed by atoms with van der Waals surface area (Å²) in [4.78, 5) is 28.4. The summed E-state index contributed by atoms with van der Waals surface area (Å²) < 4.78 is 26.3. The monoisotopic (exact) mass is 539 g/mol. The van der Waals surface area contributed by atoms with Crippen LogP contribution in [0.3, 0.4) is 0 Å². The van der Waals surface area contributed by atoms with Gasteiger partial charge < -0.3 is 10.2 Å². The second-order valence-corrected chi connectivity index (χ2v) is 11.6. The predicted octanol–water partition coefficient (Wildman–Crippen LogP) is 4.63. The molecular formula is C25H31Cl2N3O4S. The number of carbonyl (C=O) groups excluding carboxylic acids is 2. The lowest BCUT2D eigenvalue weighted by atomic mass is 10.1. The molecule has 1 N–H and O–H groups in total. The number of nitrogens with zero attached hydrogens (tertiary/aromatic N) is 2. The number of nitrogens with one attached hydrogen (secondary N) is 1. The summed E-state index contributed by atoms with van der Waals surface area (Å²) in [5, 5.41) is 3.58. The van der Waals surface area contributed by atoms with Gasteiger partial charge in [0.05, 0.1) is 11.9 Å². The van der Waals surface area contributed by atoms with Crippen molar-refractivity contribution in [3.8, 4) is 0 Å². The number of hydrogen-bond acceptors (Lipinski definition) is 4. The number of amides is 2. The Morgan fingerprint density at radius 2 is 1.66 bits per heavy atom. The van der Waals surface area contributed by atoms with E-state index in [2.05, 4.69) is 5.32 Å². The van der Waals surface area contributed by atoms with Crippen LogP contribution >= 0.6 is 23.2 Å². The molecule has 0 bridgehead atoms. The predicted molar refractivity (Wildman–Crippen MR) is 140 cm³/mol. The summed E-state index contributed by atoms with van der Waals surface area (Å²) in [6.45, 7) is 1.52. The molecule has 2 aromatic carbocycles. The molecule has 0 unspecified atom stereocenters. The number of carbonyl (C=O) groups is 2. The largest absolute Gasteiger partial charge is 0.352 e. The molecule has 2 aromatic rings. The van der Waals surface area contributed by atoms with Gasteiger partial charge in [-0.2, -0.15) is 0 Å². The summed E-state index contributed by atoms with van der Waals surface area (Å²) in [6, 6.07) is 13.0. The Morgan fingerprint density at radius 1 is 1.06 bits per heavy atom. The third kappa shape index (κ3) is 7.59. The van der Waals surface area contributed by atoms with Crippen molar-refractivity contribution < 1.29 is 18.0 Å². The quantitative estimate of drug-likeness (QED) is 0.476. The van der Waals surface area contributed by atoms with Crippen LogP contribution in [0.5, 0.6) is 0 Å². The first-order valence-corrected chi connectivity index (χ1v) is 14.3. The van der Waals surface area contributed by atoms with Gasteiger partial charge in [-0.05, 0) is 43.0 Å². The van der Waals surface area contributed by atoms with Gasteiger partial charge in [-0.25, -0.2) is 8.42 Å².